The highest BCUT2D eigenvalue weighted by Gasteiger charge is 2.31. The van der Waals surface area contributed by atoms with E-state index in [1.54, 1.807) is 0 Å². The second-order valence-electron chi connectivity index (χ2n) is 4.77. The molecule has 0 aromatic heterocycles. The summed E-state index contributed by atoms with van der Waals surface area (Å²) in [5.41, 5.74) is 1.26. The van der Waals surface area contributed by atoms with Crippen LogP contribution < -0.4 is 5.32 Å². The van der Waals surface area contributed by atoms with Crippen LogP contribution in [0.5, 0.6) is 0 Å². The van der Waals surface area contributed by atoms with E-state index in [9.17, 15) is 0 Å². The topological polar surface area (TPSA) is 12.0 Å². The first kappa shape index (κ1) is 13.3. The largest absolute Gasteiger partial charge is 0.317 e. The lowest BCUT2D eigenvalue weighted by molar-refractivity contribution is 0.464. The Labute approximate surface area is 113 Å². The Hall–Kier alpha value is -0.180. The van der Waals surface area contributed by atoms with Crippen LogP contribution in [-0.2, 0) is 5.75 Å². The summed E-state index contributed by atoms with van der Waals surface area (Å²) in [7, 11) is 2.07. The van der Waals surface area contributed by atoms with Crippen LogP contribution in [0.4, 0.5) is 0 Å². The summed E-state index contributed by atoms with van der Waals surface area (Å²) in [6.45, 7) is 2.36. The van der Waals surface area contributed by atoms with Gasteiger partial charge in [-0.3, -0.25) is 0 Å². The van der Waals surface area contributed by atoms with E-state index in [4.69, 9.17) is 11.6 Å². The van der Waals surface area contributed by atoms with Crippen LogP contribution >= 0.6 is 23.4 Å². The van der Waals surface area contributed by atoms with Gasteiger partial charge >= 0.3 is 0 Å². The zero-order chi connectivity index (χ0) is 12.3. The highest BCUT2D eigenvalue weighted by molar-refractivity contribution is 7.99. The van der Waals surface area contributed by atoms with Gasteiger partial charge in [0.25, 0.3) is 0 Å². The lowest BCUT2D eigenvalue weighted by atomic mass is 10.1. The van der Waals surface area contributed by atoms with Crippen LogP contribution in [0.2, 0.25) is 5.02 Å². The van der Waals surface area contributed by atoms with Crippen LogP contribution in [0.3, 0.4) is 0 Å². The van der Waals surface area contributed by atoms with Crippen molar-refractivity contribution in [3.63, 3.8) is 0 Å². The number of thioether (sulfide) groups is 1. The number of rotatable bonds is 4. The molecule has 3 atom stereocenters. The molecule has 1 aromatic carbocycles. The molecule has 1 N–H and O–H groups in total. The van der Waals surface area contributed by atoms with Gasteiger partial charge in [-0.05, 0) is 37.4 Å². The average molecular weight is 270 g/mol. The van der Waals surface area contributed by atoms with Crippen molar-refractivity contribution >= 4 is 23.4 Å². The van der Waals surface area contributed by atoms with E-state index in [1.165, 1.54) is 18.4 Å². The highest BCUT2D eigenvalue weighted by atomic mass is 35.5. The van der Waals surface area contributed by atoms with E-state index in [1.807, 2.05) is 12.1 Å². The summed E-state index contributed by atoms with van der Waals surface area (Å²) < 4.78 is 0. The van der Waals surface area contributed by atoms with E-state index >= 15 is 0 Å². The first-order valence-electron chi connectivity index (χ1n) is 6.24. The Morgan fingerprint density at radius 3 is 2.76 bits per heavy atom. The van der Waals surface area contributed by atoms with Crippen molar-refractivity contribution < 1.29 is 0 Å². The number of nitrogens with one attached hydrogen (secondary N) is 1. The van der Waals surface area contributed by atoms with Gasteiger partial charge in [0, 0.05) is 22.1 Å². The van der Waals surface area contributed by atoms with Crippen LogP contribution in [0, 0.1) is 5.92 Å². The van der Waals surface area contributed by atoms with Gasteiger partial charge in [0.1, 0.15) is 0 Å². The summed E-state index contributed by atoms with van der Waals surface area (Å²) in [5, 5.41) is 5.08. The summed E-state index contributed by atoms with van der Waals surface area (Å²) in [6, 6.07) is 8.86. The van der Waals surface area contributed by atoms with Gasteiger partial charge in [0.05, 0.1) is 0 Å². The Bertz CT molecular complexity index is 369. The smallest absolute Gasteiger partial charge is 0.0446 e. The number of hydrogen-bond donors (Lipinski definition) is 1. The van der Waals surface area contributed by atoms with Crippen molar-refractivity contribution in [1.29, 1.82) is 0 Å². The minimum Gasteiger partial charge on any atom is -0.317 e. The number of hydrogen-bond acceptors (Lipinski definition) is 2. The molecule has 0 radical (unpaired) electrons. The normalized spacial score (nSPS) is 28.5. The molecule has 1 nitrogen and oxygen atoms in total. The van der Waals surface area contributed by atoms with Crippen molar-refractivity contribution in [3.05, 3.63) is 34.9 Å². The van der Waals surface area contributed by atoms with E-state index in [0.29, 0.717) is 6.04 Å². The maximum absolute atomic E-state index is 6.18. The lowest BCUT2D eigenvalue weighted by Gasteiger charge is -2.20. The third-order valence-corrected chi connectivity index (χ3v) is 5.70. The second-order valence-corrected chi connectivity index (χ2v) is 6.41. The van der Waals surface area contributed by atoms with Crippen molar-refractivity contribution in [1.82, 2.24) is 5.32 Å². The minimum atomic E-state index is 0.693. The molecule has 0 spiro atoms. The molecule has 1 aliphatic rings. The molecule has 1 aromatic rings. The third-order valence-electron chi connectivity index (χ3n) is 3.76. The van der Waals surface area contributed by atoms with E-state index in [2.05, 4.69) is 43.2 Å². The molecule has 17 heavy (non-hydrogen) atoms. The molecule has 0 saturated heterocycles. The zero-order valence-electron chi connectivity index (χ0n) is 10.4. The van der Waals surface area contributed by atoms with Crippen molar-refractivity contribution in [2.45, 2.75) is 36.8 Å². The third kappa shape index (κ3) is 3.18. The fourth-order valence-electron chi connectivity index (χ4n) is 2.58. The Morgan fingerprint density at radius 1 is 1.35 bits per heavy atom. The summed E-state index contributed by atoms with van der Waals surface area (Å²) >= 11 is 8.23. The molecule has 94 valence electrons. The van der Waals surface area contributed by atoms with Crippen molar-refractivity contribution in [3.8, 4) is 0 Å². The number of halogens is 1. The van der Waals surface area contributed by atoms with Gasteiger partial charge in [-0.15, -0.1) is 0 Å². The molecule has 1 aliphatic carbocycles. The van der Waals surface area contributed by atoms with Gasteiger partial charge in [-0.1, -0.05) is 36.7 Å². The van der Waals surface area contributed by atoms with Gasteiger partial charge in [-0.25, -0.2) is 0 Å². The second kappa shape index (κ2) is 6.12. The summed E-state index contributed by atoms with van der Waals surface area (Å²) in [5.74, 6) is 1.79. The zero-order valence-corrected chi connectivity index (χ0v) is 12.0. The fraction of sp³-hybridized carbons (Fsp3) is 0.571. The molecule has 2 rings (SSSR count). The molecule has 0 heterocycles. The Kier molecular flexibility index (Phi) is 4.78. The maximum atomic E-state index is 6.18. The molecule has 0 bridgehead atoms. The minimum absolute atomic E-state index is 0.693. The molecular formula is C14H20ClNS. The quantitative estimate of drug-likeness (QED) is 0.888. The van der Waals surface area contributed by atoms with Gasteiger partial charge in [0.15, 0.2) is 0 Å². The summed E-state index contributed by atoms with van der Waals surface area (Å²) in [6.07, 6.45) is 2.62. The fourth-order valence-corrected chi connectivity index (χ4v) is 4.31. The standard InChI is InChI=1S/C14H20ClNS/c1-10-13(16-2)7-8-14(10)17-9-11-5-3-4-6-12(11)15/h3-6,10,13-14,16H,7-9H2,1-2H3. The van der Waals surface area contributed by atoms with E-state index < -0.39 is 0 Å². The van der Waals surface area contributed by atoms with Crippen molar-refractivity contribution in [2.24, 2.45) is 5.92 Å². The highest BCUT2D eigenvalue weighted by Crippen LogP contribution is 2.37. The molecule has 1 saturated carbocycles. The van der Waals surface area contributed by atoms with Gasteiger partial charge in [-0.2, -0.15) is 11.8 Å². The Morgan fingerprint density at radius 2 is 2.12 bits per heavy atom. The lowest BCUT2D eigenvalue weighted by Crippen LogP contribution is -2.30. The van der Waals surface area contributed by atoms with Crippen molar-refractivity contribution in [2.75, 3.05) is 7.05 Å². The molecular weight excluding hydrogens is 250 g/mol. The first-order valence-corrected chi connectivity index (χ1v) is 7.67. The summed E-state index contributed by atoms with van der Waals surface area (Å²) in [4.78, 5) is 0. The molecule has 0 aliphatic heterocycles. The van der Waals surface area contributed by atoms with E-state index in [0.717, 1.165) is 21.9 Å². The maximum Gasteiger partial charge on any atom is 0.0446 e. The average Bonchev–Trinajstić information content (AvgIpc) is 2.69. The Balaban J connectivity index is 1.89. The van der Waals surface area contributed by atoms with E-state index in [-0.39, 0.29) is 0 Å². The molecule has 3 unspecified atom stereocenters. The van der Waals surface area contributed by atoms with Crippen LogP contribution in [0.15, 0.2) is 24.3 Å². The monoisotopic (exact) mass is 269 g/mol. The molecule has 0 amide bonds. The SMILES string of the molecule is CNC1CCC(SCc2ccccc2Cl)C1C. The van der Waals surface area contributed by atoms with Gasteiger partial charge < -0.3 is 5.32 Å². The molecule has 1 fully saturated rings. The predicted molar refractivity (Wildman–Crippen MR) is 77.8 cm³/mol. The van der Waals surface area contributed by atoms with Crippen LogP contribution in [-0.4, -0.2) is 18.3 Å². The molecule has 3 heteroatoms. The van der Waals surface area contributed by atoms with Crippen LogP contribution in [0.1, 0.15) is 25.3 Å². The predicted octanol–water partition coefficient (Wildman–Crippen LogP) is 3.96. The first-order chi connectivity index (χ1) is 8.22. The van der Waals surface area contributed by atoms with Crippen LogP contribution in [0.25, 0.3) is 0 Å². The number of benzene rings is 1. The van der Waals surface area contributed by atoms with Gasteiger partial charge in [0.2, 0.25) is 0 Å².